The molecule has 0 aliphatic rings. The van der Waals surface area contributed by atoms with Crippen molar-refractivity contribution in [3.63, 3.8) is 0 Å². The second kappa shape index (κ2) is 9.28. The largest absolute Gasteiger partial charge is 0.350 e. The minimum atomic E-state index is -0.277. The lowest BCUT2D eigenvalue weighted by atomic mass is 10.1. The highest BCUT2D eigenvalue weighted by Crippen LogP contribution is 2.14. The number of aryl methyl sites for hydroxylation is 1. The summed E-state index contributed by atoms with van der Waals surface area (Å²) in [5.41, 5.74) is 1.47. The van der Waals surface area contributed by atoms with Gasteiger partial charge in [0, 0.05) is 35.7 Å². The van der Waals surface area contributed by atoms with Crippen LogP contribution in [0.4, 0.5) is 0 Å². The maximum Gasteiger partial charge on any atom is 0.265 e. The Balaban J connectivity index is 1.55. The predicted molar refractivity (Wildman–Crippen MR) is 111 cm³/mol. The van der Waals surface area contributed by atoms with Gasteiger partial charge in [0.2, 0.25) is 5.91 Å². The van der Waals surface area contributed by atoms with E-state index < -0.39 is 0 Å². The Kier molecular flexibility index (Phi) is 6.55. The monoisotopic (exact) mass is 396 g/mol. The van der Waals surface area contributed by atoms with Gasteiger partial charge in [0.25, 0.3) is 5.56 Å². The lowest BCUT2D eigenvalue weighted by Gasteiger charge is -2.12. The molecule has 3 aromatic rings. The summed E-state index contributed by atoms with van der Waals surface area (Å²) >= 11 is 5.95. The molecule has 28 heavy (non-hydrogen) atoms. The Bertz CT molecular complexity index is 1050. The van der Waals surface area contributed by atoms with Gasteiger partial charge in [0.15, 0.2) is 0 Å². The van der Waals surface area contributed by atoms with Crippen molar-refractivity contribution < 1.29 is 4.79 Å². The summed E-state index contributed by atoms with van der Waals surface area (Å²) in [5.74, 6) is -0.257. The molecule has 144 valence electrons. The average Bonchev–Trinajstić information content (AvgIpc) is 2.69. The number of fused-ring (bicyclic) bond motifs is 1. The Morgan fingerprint density at radius 3 is 3.00 bits per heavy atom. The van der Waals surface area contributed by atoms with Gasteiger partial charge in [-0.2, -0.15) is 0 Å². The topological polar surface area (TPSA) is 76.9 Å². The number of hydrogen-bond acceptors (Lipinski definition) is 4. The normalized spacial score (nSPS) is 12.4. The number of hydrogen-bond donors (Lipinski definition) is 1. The summed E-state index contributed by atoms with van der Waals surface area (Å²) in [5, 5.41) is 3.77. The molecule has 0 radical (unpaired) electrons. The van der Waals surface area contributed by atoms with Crippen LogP contribution in [0.3, 0.4) is 0 Å². The van der Waals surface area contributed by atoms with E-state index in [0.717, 1.165) is 19.3 Å². The van der Waals surface area contributed by atoms with Crippen LogP contribution in [0.2, 0.25) is 5.02 Å². The molecule has 2 heterocycles. The predicted octanol–water partition coefficient (Wildman–Crippen LogP) is 3.44. The number of amides is 1. The lowest BCUT2D eigenvalue weighted by molar-refractivity contribution is -0.117. The molecule has 0 saturated carbocycles. The van der Waals surface area contributed by atoms with Crippen molar-refractivity contribution >= 4 is 34.6 Å². The SMILES string of the molecule is CC(CCCc1cccnc1)NC(=O)C=Cn1cnc2ccc(Cl)cc2c1=O. The molecule has 1 N–H and O–H groups in total. The molecule has 7 heteroatoms. The van der Waals surface area contributed by atoms with Gasteiger partial charge in [-0.25, -0.2) is 4.98 Å². The Morgan fingerprint density at radius 1 is 1.36 bits per heavy atom. The van der Waals surface area contributed by atoms with Crippen LogP contribution >= 0.6 is 11.6 Å². The first-order valence-electron chi connectivity index (χ1n) is 9.07. The maximum atomic E-state index is 12.5. The number of aromatic nitrogens is 3. The summed E-state index contributed by atoms with van der Waals surface area (Å²) in [4.78, 5) is 32.9. The average molecular weight is 397 g/mol. The molecule has 1 atom stereocenters. The van der Waals surface area contributed by atoms with Gasteiger partial charge < -0.3 is 5.32 Å². The van der Waals surface area contributed by atoms with Crippen LogP contribution in [-0.2, 0) is 11.2 Å². The summed E-state index contributed by atoms with van der Waals surface area (Å²) in [7, 11) is 0. The highest BCUT2D eigenvalue weighted by atomic mass is 35.5. The minimum Gasteiger partial charge on any atom is -0.350 e. The lowest BCUT2D eigenvalue weighted by Crippen LogP contribution is -2.31. The van der Waals surface area contributed by atoms with Crippen molar-refractivity contribution in [2.75, 3.05) is 0 Å². The van der Waals surface area contributed by atoms with E-state index >= 15 is 0 Å². The molecule has 6 nitrogen and oxygen atoms in total. The van der Waals surface area contributed by atoms with Gasteiger partial charge in [0.1, 0.15) is 6.33 Å². The van der Waals surface area contributed by atoms with E-state index in [1.54, 1.807) is 24.4 Å². The zero-order chi connectivity index (χ0) is 19.9. The highest BCUT2D eigenvalue weighted by molar-refractivity contribution is 6.31. The molecule has 1 amide bonds. The van der Waals surface area contributed by atoms with Gasteiger partial charge >= 0.3 is 0 Å². The van der Waals surface area contributed by atoms with Gasteiger partial charge in [-0.15, -0.1) is 0 Å². The first kappa shape index (κ1) is 19.8. The third-order valence-electron chi connectivity index (χ3n) is 4.35. The maximum absolute atomic E-state index is 12.5. The Labute approximate surface area is 167 Å². The summed E-state index contributed by atoms with van der Waals surface area (Å²) in [6.45, 7) is 1.96. The fourth-order valence-electron chi connectivity index (χ4n) is 2.88. The van der Waals surface area contributed by atoms with Gasteiger partial charge in [-0.1, -0.05) is 17.7 Å². The zero-order valence-electron chi connectivity index (χ0n) is 15.5. The van der Waals surface area contributed by atoms with Crippen molar-refractivity contribution in [2.45, 2.75) is 32.2 Å². The van der Waals surface area contributed by atoms with E-state index in [-0.39, 0.29) is 17.5 Å². The second-order valence-electron chi connectivity index (χ2n) is 6.60. The number of carbonyl (C=O) groups is 1. The number of nitrogens with one attached hydrogen (secondary N) is 1. The Morgan fingerprint density at radius 2 is 2.21 bits per heavy atom. The molecule has 2 aromatic heterocycles. The molecule has 0 aliphatic carbocycles. The summed E-state index contributed by atoms with van der Waals surface area (Å²) < 4.78 is 1.27. The van der Waals surface area contributed by atoms with Crippen LogP contribution in [-0.4, -0.2) is 26.5 Å². The molecule has 0 spiro atoms. The zero-order valence-corrected chi connectivity index (χ0v) is 16.3. The van der Waals surface area contributed by atoms with Crippen molar-refractivity contribution in [1.29, 1.82) is 0 Å². The quantitative estimate of drug-likeness (QED) is 0.620. The standard InChI is InChI=1S/C21H21ClN4O2/c1-15(4-2-5-16-6-3-10-23-13-16)25-20(27)9-11-26-14-24-19-8-7-17(22)12-18(19)21(26)28/h3,6-15H,2,4-5H2,1H3,(H,25,27). The smallest absolute Gasteiger partial charge is 0.265 e. The van der Waals surface area contributed by atoms with E-state index in [1.165, 1.54) is 28.7 Å². The molecule has 0 saturated heterocycles. The van der Waals surface area contributed by atoms with E-state index in [4.69, 9.17) is 11.6 Å². The Hall–Kier alpha value is -2.99. The molecule has 3 rings (SSSR count). The molecule has 0 aliphatic heterocycles. The molecule has 1 aromatic carbocycles. The molecule has 0 fully saturated rings. The van der Waals surface area contributed by atoms with Crippen LogP contribution in [0.5, 0.6) is 0 Å². The molecular formula is C21H21ClN4O2. The first-order chi connectivity index (χ1) is 13.5. The van der Waals surface area contributed by atoms with Crippen LogP contribution in [0.1, 0.15) is 25.3 Å². The van der Waals surface area contributed by atoms with Crippen LogP contribution in [0.25, 0.3) is 17.1 Å². The van der Waals surface area contributed by atoms with Gasteiger partial charge in [0.05, 0.1) is 10.9 Å². The van der Waals surface area contributed by atoms with Crippen molar-refractivity contribution in [3.05, 3.63) is 76.1 Å². The molecule has 1 unspecified atom stereocenters. The number of halogens is 1. The second-order valence-corrected chi connectivity index (χ2v) is 7.03. The van der Waals surface area contributed by atoms with E-state index in [0.29, 0.717) is 15.9 Å². The van der Waals surface area contributed by atoms with Gasteiger partial charge in [-0.05, 0) is 56.0 Å². The summed E-state index contributed by atoms with van der Waals surface area (Å²) in [6.07, 6.45) is 10.5. The first-order valence-corrected chi connectivity index (χ1v) is 9.45. The fourth-order valence-corrected chi connectivity index (χ4v) is 3.06. The van der Waals surface area contributed by atoms with E-state index in [2.05, 4.69) is 15.3 Å². The van der Waals surface area contributed by atoms with E-state index in [9.17, 15) is 9.59 Å². The number of nitrogens with zero attached hydrogens (tertiary/aromatic N) is 3. The van der Waals surface area contributed by atoms with Crippen molar-refractivity contribution in [1.82, 2.24) is 19.9 Å². The minimum absolute atomic E-state index is 0.0269. The highest BCUT2D eigenvalue weighted by Gasteiger charge is 2.06. The molecule has 0 bridgehead atoms. The third-order valence-corrected chi connectivity index (χ3v) is 4.58. The van der Waals surface area contributed by atoms with Crippen molar-refractivity contribution in [3.8, 4) is 0 Å². The number of benzene rings is 1. The van der Waals surface area contributed by atoms with Crippen LogP contribution in [0, 0.1) is 0 Å². The third kappa shape index (κ3) is 5.27. The fraction of sp³-hybridized carbons (Fsp3) is 0.238. The number of rotatable bonds is 7. The molecular weight excluding hydrogens is 376 g/mol. The van der Waals surface area contributed by atoms with Gasteiger partial charge in [-0.3, -0.25) is 19.1 Å². The van der Waals surface area contributed by atoms with Crippen LogP contribution in [0.15, 0.2) is 59.9 Å². The number of carbonyl (C=O) groups excluding carboxylic acids is 1. The van der Waals surface area contributed by atoms with Crippen molar-refractivity contribution in [2.24, 2.45) is 0 Å². The van der Waals surface area contributed by atoms with Crippen LogP contribution < -0.4 is 10.9 Å². The summed E-state index contributed by atoms with van der Waals surface area (Å²) in [6, 6.07) is 8.93. The number of pyridine rings is 1. The van der Waals surface area contributed by atoms with E-state index in [1.807, 2.05) is 25.3 Å².